The molecule has 2 aromatic rings. The Morgan fingerprint density at radius 1 is 1.47 bits per heavy atom. The van der Waals surface area contributed by atoms with Crippen LogP contribution in [0.3, 0.4) is 0 Å². The lowest BCUT2D eigenvalue weighted by atomic mass is 10.5. The Kier molecular flexibility index (Phi) is 3.44. The third-order valence-electron chi connectivity index (χ3n) is 2.05. The van der Waals surface area contributed by atoms with Gasteiger partial charge in [0.2, 0.25) is 5.16 Å². The van der Waals surface area contributed by atoms with Gasteiger partial charge >= 0.3 is 0 Å². The van der Waals surface area contributed by atoms with Crippen molar-refractivity contribution in [3.05, 3.63) is 16.0 Å². The minimum absolute atomic E-state index is 0.238. The molecular weight excluding hydrogens is 238 g/mol. The van der Waals surface area contributed by atoms with Crippen LogP contribution in [0.25, 0.3) is 5.78 Å². The Morgan fingerprint density at radius 3 is 3.06 bits per heavy atom. The van der Waals surface area contributed by atoms with E-state index in [9.17, 15) is 4.79 Å². The molecule has 0 radical (unpaired) electrons. The van der Waals surface area contributed by atoms with E-state index < -0.39 is 0 Å². The fourth-order valence-corrected chi connectivity index (χ4v) is 1.96. The predicted octanol–water partition coefficient (Wildman–Crippen LogP) is 0.627. The number of nitrogens with zero attached hydrogens (tertiary/aromatic N) is 4. The topological polar surface area (TPSA) is 75.9 Å². The number of H-pyrrole nitrogens is 1. The van der Waals surface area contributed by atoms with Gasteiger partial charge in [-0.15, -0.1) is 22.0 Å². The molecule has 1 N–H and O–H groups in total. The molecule has 0 aliphatic rings. The zero-order valence-electron chi connectivity index (χ0n) is 9.52. The fourth-order valence-electron chi connectivity index (χ4n) is 1.23. The van der Waals surface area contributed by atoms with Crippen LogP contribution in [-0.2, 0) is 0 Å². The highest BCUT2D eigenvalue weighted by molar-refractivity contribution is 7.99. The molecule has 0 amide bonds. The van der Waals surface area contributed by atoms with Crippen LogP contribution in [0.2, 0.25) is 0 Å². The molecule has 0 fully saturated rings. The van der Waals surface area contributed by atoms with Crippen molar-refractivity contribution in [3.8, 4) is 11.8 Å². The first-order valence-electron chi connectivity index (χ1n) is 5.07. The van der Waals surface area contributed by atoms with E-state index in [1.165, 1.54) is 11.8 Å². The first-order chi connectivity index (χ1) is 8.22. The molecule has 2 heterocycles. The van der Waals surface area contributed by atoms with Crippen molar-refractivity contribution in [2.24, 2.45) is 0 Å². The Labute approximate surface area is 102 Å². The van der Waals surface area contributed by atoms with E-state index >= 15 is 0 Å². The first kappa shape index (κ1) is 11.7. The van der Waals surface area contributed by atoms with Crippen LogP contribution in [0.15, 0.2) is 9.95 Å². The molecule has 6 nitrogen and oxygen atoms in total. The van der Waals surface area contributed by atoms with Crippen molar-refractivity contribution in [2.45, 2.75) is 25.4 Å². The smallest absolute Gasteiger partial charge is 0.273 e. The average molecular weight is 249 g/mol. The monoisotopic (exact) mass is 249 g/mol. The maximum atomic E-state index is 11.3. The Hall–Kier alpha value is -1.81. The highest BCUT2D eigenvalue weighted by Gasteiger charge is 2.08. The number of hydrogen-bond donors (Lipinski definition) is 1. The fraction of sp³-hybridized carbons (Fsp3) is 0.400. The van der Waals surface area contributed by atoms with Crippen LogP contribution in [-0.4, -0.2) is 30.5 Å². The van der Waals surface area contributed by atoms with Crippen molar-refractivity contribution in [1.29, 1.82) is 0 Å². The zero-order valence-corrected chi connectivity index (χ0v) is 10.3. The number of aryl methyl sites for hydroxylation is 1. The molecule has 17 heavy (non-hydrogen) atoms. The Morgan fingerprint density at radius 2 is 2.29 bits per heavy atom. The van der Waals surface area contributed by atoms with Gasteiger partial charge in [-0.1, -0.05) is 11.8 Å². The van der Waals surface area contributed by atoms with E-state index in [2.05, 4.69) is 32.1 Å². The molecule has 88 valence electrons. The second-order valence-electron chi connectivity index (χ2n) is 3.28. The number of aromatic amines is 1. The third-order valence-corrected chi connectivity index (χ3v) is 2.97. The van der Waals surface area contributed by atoms with Gasteiger partial charge in [-0.2, -0.15) is 9.61 Å². The normalized spacial score (nSPS) is 10.2. The summed E-state index contributed by atoms with van der Waals surface area (Å²) in [6.45, 7) is 3.46. The molecule has 0 saturated heterocycles. The van der Waals surface area contributed by atoms with Gasteiger partial charge in [0.15, 0.2) is 0 Å². The van der Waals surface area contributed by atoms with E-state index in [-0.39, 0.29) is 5.56 Å². The summed E-state index contributed by atoms with van der Waals surface area (Å²) >= 11 is 1.51. The Bertz CT molecular complexity index is 648. The minimum atomic E-state index is -0.238. The van der Waals surface area contributed by atoms with E-state index in [1.807, 2.05) is 6.92 Å². The second kappa shape index (κ2) is 5.01. The molecule has 2 aromatic heterocycles. The number of fused-ring (bicyclic) bond motifs is 1. The molecule has 0 spiro atoms. The zero-order chi connectivity index (χ0) is 12.3. The standard InChI is InChI=1S/C10H11N5OS/c1-3-4-5-6-17-10-13-12-9-11-8(16)7(2)14-15(9)10/h5-6H2,1-2H3,(H,11,12,16). The SMILES string of the molecule is CC#CCCSc1nnc2[nH]c(=O)c(C)nn12. The summed E-state index contributed by atoms with van der Waals surface area (Å²) in [7, 11) is 0. The van der Waals surface area contributed by atoms with Crippen molar-refractivity contribution in [3.63, 3.8) is 0 Å². The van der Waals surface area contributed by atoms with Crippen LogP contribution in [0.1, 0.15) is 19.0 Å². The van der Waals surface area contributed by atoms with Gasteiger partial charge in [0.1, 0.15) is 5.69 Å². The maximum absolute atomic E-state index is 11.3. The van der Waals surface area contributed by atoms with E-state index in [0.29, 0.717) is 16.6 Å². The molecule has 0 aromatic carbocycles. The van der Waals surface area contributed by atoms with Crippen LogP contribution < -0.4 is 5.56 Å². The summed E-state index contributed by atoms with van der Waals surface area (Å²) in [6.07, 6.45) is 0.790. The van der Waals surface area contributed by atoms with E-state index in [4.69, 9.17) is 0 Å². The number of hydrogen-bond acceptors (Lipinski definition) is 5. The lowest BCUT2D eigenvalue weighted by Crippen LogP contribution is -2.15. The minimum Gasteiger partial charge on any atom is -0.288 e. The largest absolute Gasteiger partial charge is 0.288 e. The summed E-state index contributed by atoms with van der Waals surface area (Å²) < 4.78 is 1.54. The van der Waals surface area contributed by atoms with Crippen molar-refractivity contribution in [2.75, 3.05) is 5.75 Å². The lowest BCUT2D eigenvalue weighted by molar-refractivity contribution is 0.770. The van der Waals surface area contributed by atoms with Gasteiger partial charge < -0.3 is 0 Å². The van der Waals surface area contributed by atoms with Gasteiger partial charge in [-0.05, 0) is 13.8 Å². The summed E-state index contributed by atoms with van der Waals surface area (Å²) in [5.41, 5.74) is 0.158. The highest BCUT2D eigenvalue weighted by atomic mass is 32.2. The van der Waals surface area contributed by atoms with Crippen LogP contribution in [0.5, 0.6) is 0 Å². The van der Waals surface area contributed by atoms with Crippen molar-refractivity contribution < 1.29 is 0 Å². The second-order valence-corrected chi connectivity index (χ2v) is 4.34. The van der Waals surface area contributed by atoms with Crippen LogP contribution >= 0.6 is 11.8 Å². The van der Waals surface area contributed by atoms with Gasteiger partial charge in [-0.3, -0.25) is 9.78 Å². The number of aromatic nitrogens is 5. The van der Waals surface area contributed by atoms with Crippen molar-refractivity contribution in [1.82, 2.24) is 24.8 Å². The van der Waals surface area contributed by atoms with Crippen molar-refractivity contribution >= 4 is 17.5 Å². The van der Waals surface area contributed by atoms with Crippen LogP contribution in [0, 0.1) is 18.8 Å². The predicted molar refractivity (Wildman–Crippen MR) is 64.9 cm³/mol. The van der Waals surface area contributed by atoms with Gasteiger partial charge in [0.25, 0.3) is 11.3 Å². The summed E-state index contributed by atoms with van der Waals surface area (Å²) in [5.74, 6) is 6.99. The lowest BCUT2D eigenvalue weighted by Gasteiger charge is -1.97. The van der Waals surface area contributed by atoms with E-state index in [1.54, 1.807) is 11.4 Å². The quantitative estimate of drug-likeness (QED) is 0.490. The number of thioether (sulfide) groups is 1. The molecule has 0 atom stereocenters. The third kappa shape index (κ3) is 2.47. The molecule has 7 heteroatoms. The van der Waals surface area contributed by atoms with Gasteiger partial charge in [0, 0.05) is 12.2 Å². The summed E-state index contributed by atoms with van der Waals surface area (Å²) in [6, 6.07) is 0. The number of rotatable bonds is 3. The summed E-state index contributed by atoms with van der Waals surface area (Å²) in [4.78, 5) is 13.9. The maximum Gasteiger partial charge on any atom is 0.273 e. The molecular formula is C10H11N5OS. The van der Waals surface area contributed by atoms with Gasteiger partial charge in [0.05, 0.1) is 0 Å². The Balaban J connectivity index is 2.25. The average Bonchev–Trinajstić information content (AvgIpc) is 2.68. The summed E-state index contributed by atoms with van der Waals surface area (Å²) in [5, 5.41) is 12.6. The van der Waals surface area contributed by atoms with E-state index in [0.717, 1.165) is 12.2 Å². The van der Waals surface area contributed by atoms with Gasteiger partial charge in [-0.25, -0.2) is 0 Å². The van der Waals surface area contributed by atoms with Crippen LogP contribution in [0.4, 0.5) is 0 Å². The number of nitrogens with one attached hydrogen (secondary N) is 1. The molecule has 0 saturated carbocycles. The molecule has 2 rings (SSSR count). The first-order valence-corrected chi connectivity index (χ1v) is 6.05. The highest BCUT2D eigenvalue weighted by Crippen LogP contribution is 2.14. The molecule has 0 bridgehead atoms. The molecule has 0 unspecified atom stereocenters. The molecule has 0 aliphatic heterocycles. The molecule has 0 aliphatic carbocycles.